The molecule has 0 saturated carbocycles. The summed E-state index contributed by atoms with van der Waals surface area (Å²) >= 11 is 0. The van der Waals surface area contributed by atoms with Crippen LogP contribution in [-0.2, 0) is 6.42 Å². The van der Waals surface area contributed by atoms with E-state index in [9.17, 15) is 4.39 Å². The molecule has 0 heterocycles. The fraction of sp³-hybridized carbons (Fsp3) is 0.273. The lowest BCUT2D eigenvalue weighted by Gasteiger charge is -2.15. The molecular weight excluding hydrogens is 165 g/mol. The second-order valence-electron chi connectivity index (χ2n) is 3.32. The number of fused-ring (bicyclic) bond motifs is 1. The highest BCUT2D eigenvalue weighted by molar-refractivity contribution is 5.60. The van der Waals surface area contributed by atoms with E-state index in [-0.39, 0.29) is 5.82 Å². The molecule has 0 bridgehead atoms. The lowest BCUT2D eigenvalue weighted by Crippen LogP contribution is -2.09. The molecule has 0 atom stereocenters. The molecule has 2 N–H and O–H groups in total. The van der Waals surface area contributed by atoms with Gasteiger partial charge >= 0.3 is 0 Å². The summed E-state index contributed by atoms with van der Waals surface area (Å²) in [5.41, 5.74) is 8.48. The third kappa shape index (κ3) is 1.49. The van der Waals surface area contributed by atoms with Crippen LogP contribution in [0.4, 0.5) is 4.39 Å². The van der Waals surface area contributed by atoms with E-state index in [1.54, 1.807) is 6.07 Å². The Morgan fingerprint density at radius 2 is 2.15 bits per heavy atom. The molecule has 2 rings (SSSR count). The van der Waals surface area contributed by atoms with Gasteiger partial charge in [-0.3, -0.25) is 0 Å². The molecule has 0 aromatic heterocycles. The van der Waals surface area contributed by atoms with Crippen LogP contribution >= 0.6 is 0 Å². The first-order valence-electron chi connectivity index (χ1n) is 4.48. The second-order valence-corrected chi connectivity index (χ2v) is 3.32. The fourth-order valence-electron chi connectivity index (χ4n) is 1.69. The van der Waals surface area contributed by atoms with E-state index < -0.39 is 0 Å². The molecule has 0 radical (unpaired) electrons. The molecule has 1 aliphatic carbocycles. The number of hydrogen-bond acceptors (Lipinski definition) is 1. The number of nitrogens with two attached hydrogens (primary N) is 1. The topological polar surface area (TPSA) is 26.0 Å². The minimum atomic E-state index is -0.136. The van der Waals surface area contributed by atoms with Crippen LogP contribution in [-0.4, -0.2) is 6.54 Å². The first kappa shape index (κ1) is 8.45. The first-order valence-corrected chi connectivity index (χ1v) is 4.48. The average Bonchev–Trinajstić information content (AvgIpc) is 2.18. The summed E-state index contributed by atoms with van der Waals surface area (Å²) in [5.74, 6) is -0.136. The van der Waals surface area contributed by atoms with Crippen molar-refractivity contribution in [1.82, 2.24) is 0 Å². The van der Waals surface area contributed by atoms with Gasteiger partial charge in [-0.15, -0.1) is 0 Å². The van der Waals surface area contributed by atoms with E-state index in [4.69, 9.17) is 5.73 Å². The molecule has 1 aromatic rings. The average molecular weight is 177 g/mol. The van der Waals surface area contributed by atoms with E-state index in [0.717, 1.165) is 29.5 Å². The third-order valence-electron chi connectivity index (χ3n) is 2.47. The Labute approximate surface area is 77.1 Å². The Bertz CT molecular complexity index is 355. The second kappa shape index (κ2) is 3.30. The molecule has 0 amide bonds. The Balaban J connectivity index is 2.49. The summed E-state index contributed by atoms with van der Waals surface area (Å²) in [6, 6.07) is 5.23. The molecular formula is C11H12FN. The third-order valence-corrected chi connectivity index (χ3v) is 2.47. The zero-order valence-electron chi connectivity index (χ0n) is 7.39. The number of hydrogen-bond donors (Lipinski definition) is 1. The van der Waals surface area contributed by atoms with Crippen molar-refractivity contribution < 1.29 is 4.39 Å². The maximum atomic E-state index is 13.3. The SMILES string of the molecule is NCC1=Cc2c(F)cccc2CC1. The Morgan fingerprint density at radius 3 is 2.92 bits per heavy atom. The van der Waals surface area contributed by atoms with Crippen molar-refractivity contribution in [3.05, 3.63) is 40.7 Å². The summed E-state index contributed by atoms with van der Waals surface area (Å²) < 4.78 is 13.3. The van der Waals surface area contributed by atoms with Crippen molar-refractivity contribution in [2.75, 3.05) is 6.54 Å². The molecule has 1 aliphatic rings. The van der Waals surface area contributed by atoms with E-state index in [1.165, 1.54) is 6.07 Å². The lowest BCUT2D eigenvalue weighted by atomic mass is 9.92. The van der Waals surface area contributed by atoms with Gasteiger partial charge in [-0.25, -0.2) is 4.39 Å². The summed E-state index contributed by atoms with van der Waals surface area (Å²) in [4.78, 5) is 0. The summed E-state index contributed by atoms with van der Waals surface area (Å²) in [6.45, 7) is 0.535. The zero-order valence-corrected chi connectivity index (χ0v) is 7.39. The van der Waals surface area contributed by atoms with Gasteiger partial charge in [0.05, 0.1) is 0 Å². The van der Waals surface area contributed by atoms with Crippen molar-refractivity contribution in [1.29, 1.82) is 0 Å². The Kier molecular flexibility index (Phi) is 2.15. The quantitative estimate of drug-likeness (QED) is 0.698. The summed E-state index contributed by atoms with van der Waals surface area (Å²) in [5, 5.41) is 0. The van der Waals surface area contributed by atoms with Crippen LogP contribution in [0.25, 0.3) is 6.08 Å². The van der Waals surface area contributed by atoms with Crippen LogP contribution in [0.15, 0.2) is 23.8 Å². The van der Waals surface area contributed by atoms with Gasteiger partial charge in [0.15, 0.2) is 0 Å². The molecule has 1 nitrogen and oxygen atoms in total. The van der Waals surface area contributed by atoms with Crippen LogP contribution in [0.5, 0.6) is 0 Å². The highest BCUT2D eigenvalue weighted by atomic mass is 19.1. The van der Waals surface area contributed by atoms with Crippen molar-refractivity contribution in [2.45, 2.75) is 12.8 Å². The fourth-order valence-corrected chi connectivity index (χ4v) is 1.69. The van der Waals surface area contributed by atoms with Gasteiger partial charge in [0, 0.05) is 12.1 Å². The van der Waals surface area contributed by atoms with Gasteiger partial charge in [-0.2, -0.15) is 0 Å². The molecule has 13 heavy (non-hydrogen) atoms. The smallest absolute Gasteiger partial charge is 0.130 e. The first-order chi connectivity index (χ1) is 6.31. The van der Waals surface area contributed by atoms with Crippen LogP contribution in [0.1, 0.15) is 17.5 Å². The van der Waals surface area contributed by atoms with E-state index in [0.29, 0.717) is 6.54 Å². The molecule has 0 unspecified atom stereocenters. The molecule has 68 valence electrons. The maximum absolute atomic E-state index is 13.3. The highest BCUT2D eigenvalue weighted by Crippen LogP contribution is 2.25. The van der Waals surface area contributed by atoms with Gasteiger partial charge in [-0.1, -0.05) is 23.8 Å². The molecule has 2 heteroatoms. The number of rotatable bonds is 1. The molecule has 1 aromatic carbocycles. The van der Waals surface area contributed by atoms with Crippen LogP contribution in [0, 0.1) is 5.82 Å². The zero-order chi connectivity index (χ0) is 9.26. The predicted octanol–water partition coefficient (Wildman–Crippen LogP) is 2.11. The van der Waals surface area contributed by atoms with Crippen LogP contribution in [0.2, 0.25) is 0 Å². The van der Waals surface area contributed by atoms with Crippen LogP contribution in [0.3, 0.4) is 0 Å². The Morgan fingerprint density at radius 1 is 1.31 bits per heavy atom. The standard InChI is InChI=1S/C11H12FN/c12-11-3-1-2-9-5-4-8(7-13)6-10(9)11/h1-3,6H,4-5,7,13H2. The monoisotopic (exact) mass is 177 g/mol. The molecule has 0 fully saturated rings. The lowest BCUT2D eigenvalue weighted by molar-refractivity contribution is 0.620. The molecule has 0 saturated heterocycles. The molecule has 0 spiro atoms. The van der Waals surface area contributed by atoms with Gasteiger partial charge in [0.25, 0.3) is 0 Å². The van der Waals surface area contributed by atoms with E-state index in [2.05, 4.69) is 0 Å². The minimum absolute atomic E-state index is 0.136. The van der Waals surface area contributed by atoms with E-state index in [1.807, 2.05) is 12.1 Å². The summed E-state index contributed by atoms with van der Waals surface area (Å²) in [7, 11) is 0. The normalized spacial score (nSPS) is 15.1. The number of benzene rings is 1. The van der Waals surface area contributed by atoms with Gasteiger partial charge in [0.2, 0.25) is 0 Å². The largest absolute Gasteiger partial charge is 0.327 e. The highest BCUT2D eigenvalue weighted by Gasteiger charge is 2.12. The van der Waals surface area contributed by atoms with Crippen molar-refractivity contribution in [3.8, 4) is 0 Å². The Hall–Kier alpha value is -1.15. The predicted molar refractivity (Wildman–Crippen MR) is 51.8 cm³/mol. The summed E-state index contributed by atoms with van der Waals surface area (Å²) in [6.07, 6.45) is 3.76. The van der Waals surface area contributed by atoms with Gasteiger partial charge in [-0.05, 0) is 24.5 Å². The number of halogens is 1. The van der Waals surface area contributed by atoms with Gasteiger partial charge < -0.3 is 5.73 Å². The van der Waals surface area contributed by atoms with Crippen LogP contribution < -0.4 is 5.73 Å². The van der Waals surface area contributed by atoms with Gasteiger partial charge in [0.1, 0.15) is 5.82 Å². The number of aryl methyl sites for hydroxylation is 1. The molecule has 0 aliphatic heterocycles. The van der Waals surface area contributed by atoms with Crippen molar-refractivity contribution in [2.24, 2.45) is 5.73 Å². The van der Waals surface area contributed by atoms with Crippen molar-refractivity contribution >= 4 is 6.08 Å². The van der Waals surface area contributed by atoms with Crippen molar-refractivity contribution in [3.63, 3.8) is 0 Å². The minimum Gasteiger partial charge on any atom is -0.327 e. The maximum Gasteiger partial charge on any atom is 0.130 e. The van der Waals surface area contributed by atoms with E-state index >= 15 is 0 Å².